The number of anilines is 1. The molecule has 0 spiro atoms. The summed E-state index contributed by atoms with van der Waals surface area (Å²) < 4.78 is 0.864. The molecule has 0 unspecified atom stereocenters. The van der Waals surface area contributed by atoms with Crippen molar-refractivity contribution in [3.05, 3.63) is 62.0 Å². The quantitative estimate of drug-likeness (QED) is 0.660. The van der Waals surface area contributed by atoms with Crippen LogP contribution in [0.25, 0.3) is 0 Å². The highest BCUT2D eigenvalue weighted by Crippen LogP contribution is 2.25. The minimum absolute atomic E-state index is 0.181. The van der Waals surface area contributed by atoms with Crippen LogP contribution in [0.15, 0.2) is 40.9 Å². The van der Waals surface area contributed by atoms with Crippen molar-refractivity contribution in [2.75, 3.05) is 5.32 Å². The zero-order valence-corrected chi connectivity index (χ0v) is 15.3. The van der Waals surface area contributed by atoms with Crippen LogP contribution in [0.2, 0.25) is 10.0 Å². The number of carbonyl (C=O) groups excluding carboxylic acids is 1. The Morgan fingerprint density at radius 3 is 2.50 bits per heavy atom. The fraction of sp³-hybridized carbons (Fsp3) is 0.0667. The maximum Gasteiger partial charge on any atom is 0.257 e. The third kappa shape index (κ3) is 4.43. The maximum absolute atomic E-state index is 12.1. The SMILES string of the molecule is Cc1ccc(C(=O)NC(=S)Nc2ccc(Cl)c(Cl)c2)cc1Br. The highest BCUT2D eigenvalue weighted by Gasteiger charge is 2.09. The maximum atomic E-state index is 12.1. The van der Waals surface area contributed by atoms with Crippen LogP contribution >= 0.6 is 51.3 Å². The van der Waals surface area contributed by atoms with E-state index in [2.05, 4.69) is 26.6 Å². The van der Waals surface area contributed by atoms with E-state index in [1.165, 1.54) is 0 Å². The van der Waals surface area contributed by atoms with Crippen LogP contribution in [0.4, 0.5) is 5.69 Å². The van der Waals surface area contributed by atoms with Crippen molar-refractivity contribution in [1.82, 2.24) is 5.32 Å². The van der Waals surface area contributed by atoms with Crippen LogP contribution in [-0.2, 0) is 0 Å². The zero-order chi connectivity index (χ0) is 16.3. The van der Waals surface area contributed by atoms with Crippen LogP contribution in [0, 0.1) is 6.92 Å². The molecule has 0 bridgehead atoms. The summed E-state index contributed by atoms with van der Waals surface area (Å²) in [5.41, 5.74) is 2.20. The van der Waals surface area contributed by atoms with E-state index in [1.54, 1.807) is 30.3 Å². The lowest BCUT2D eigenvalue weighted by Crippen LogP contribution is -2.34. The Balaban J connectivity index is 2.03. The van der Waals surface area contributed by atoms with Crippen molar-refractivity contribution < 1.29 is 4.79 Å². The molecular formula is C15H11BrCl2N2OS. The number of nitrogens with one attached hydrogen (secondary N) is 2. The first-order valence-corrected chi connectivity index (χ1v) is 8.16. The van der Waals surface area contributed by atoms with Gasteiger partial charge < -0.3 is 5.32 Å². The lowest BCUT2D eigenvalue weighted by Gasteiger charge is -2.10. The topological polar surface area (TPSA) is 41.1 Å². The van der Waals surface area contributed by atoms with E-state index in [0.29, 0.717) is 21.3 Å². The number of amides is 1. The lowest BCUT2D eigenvalue weighted by molar-refractivity contribution is 0.0977. The Kier molecular flexibility index (Phi) is 5.81. The normalized spacial score (nSPS) is 10.2. The molecule has 0 fully saturated rings. The van der Waals surface area contributed by atoms with E-state index in [9.17, 15) is 4.79 Å². The van der Waals surface area contributed by atoms with Crippen LogP contribution in [0.5, 0.6) is 0 Å². The molecular weight excluding hydrogens is 407 g/mol. The Bertz CT molecular complexity index is 752. The van der Waals surface area contributed by atoms with Gasteiger partial charge in [0, 0.05) is 15.7 Å². The first-order valence-electron chi connectivity index (χ1n) is 6.20. The van der Waals surface area contributed by atoms with Gasteiger partial charge in [-0.05, 0) is 55.0 Å². The van der Waals surface area contributed by atoms with Crippen molar-refractivity contribution in [3.63, 3.8) is 0 Å². The standard InChI is InChI=1S/C15H11BrCl2N2OS/c1-8-2-3-9(6-11(8)16)14(21)20-15(22)19-10-4-5-12(17)13(18)7-10/h2-7H,1H3,(H2,19,20,21,22). The predicted octanol–water partition coefficient (Wildman–Crippen LogP) is 5.19. The molecule has 0 aliphatic heterocycles. The van der Waals surface area contributed by atoms with Gasteiger partial charge in [-0.3, -0.25) is 10.1 Å². The minimum Gasteiger partial charge on any atom is -0.332 e. The molecule has 0 saturated heterocycles. The van der Waals surface area contributed by atoms with Gasteiger partial charge in [0.15, 0.2) is 5.11 Å². The molecule has 22 heavy (non-hydrogen) atoms. The molecule has 2 aromatic carbocycles. The molecule has 2 N–H and O–H groups in total. The highest BCUT2D eigenvalue weighted by molar-refractivity contribution is 9.10. The monoisotopic (exact) mass is 416 g/mol. The summed E-state index contributed by atoms with van der Waals surface area (Å²) in [5, 5.41) is 6.53. The predicted molar refractivity (Wildman–Crippen MR) is 99.0 cm³/mol. The Morgan fingerprint density at radius 1 is 1.14 bits per heavy atom. The number of carbonyl (C=O) groups is 1. The van der Waals surface area contributed by atoms with Crippen molar-refractivity contribution in [3.8, 4) is 0 Å². The van der Waals surface area contributed by atoms with Gasteiger partial charge in [0.1, 0.15) is 0 Å². The molecule has 0 radical (unpaired) electrons. The number of thiocarbonyl (C=S) groups is 1. The summed E-state index contributed by atoms with van der Waals surface area (Å²) in [6.45, 7) is 1.95. The summed E-state index contributed by atoms with van der Waals surface area (Å²) in [6.07, 6.45) is 0. The third-order valence-electron chi connectivity index (χ3n) is 2.84. The molecule has 7 heteroatoms. The first kappa shape index (κ1) is 17.2. The van der Waals surface area contributed by atoms with Gasteiger partial charge >= 0.3 is 0 Å². The van der Waals surface area contributed by atoms with E-state index in [1.807, 2.05) is 13.0 Å². The molecule has 0 aliphatic rings. The lowest BCUT2D eigenvalue weighted by atomic mass is 10.1. The van der Waals surface area contributed by atoms with E-state index < -0.39 is 0 Å². The van der Waals surface area contributed by atoms with Crippen LogP contribution < -0.4 is 10.6 Å². The molecule has 1 amide bonds. The molecule has 0 heterocycles. The van der Waals surface area contributed by atoms with Gasteiger partial charge in [-0.25, -0.2) is 0 Å². The smallest absolute Gasteiger partial charge is 0.257 e. The number of halogens is 3. The van der Waals surface area contributed by atoms with E-state index in [4.69, 9.17) is 35.4 Å². The van der Waals surface area contributed by atoms with Gasteiger partial charge in [0.25, 0.3) is 5.91 Å². The van der Waals surface area contributed by atoms with Gasteiger partial charge in [-0.2, -0.15) is 0 Å². The molecule has 0 aliphatic carbocycles. The summed E-state index contributed by atoms with van der Waals surface area (Å²) in [5.74, 6) is -0.293. The van der Waals surface area contributed by atoms with Crippen molar-refractivity contribution >= 4 is 68.1 Å². The molecule has 114 valence electrons. The fourth-order valence-corrected chi connectivity index (χ4v) is 2.53. The first-order chi connectivity index (χ1) is 10.4. The van der Waals surface area contributed by atoms with Gasteiger partial charge in [0.2, 0.25) is 0 Å². The number of rotatable bonds is 2. The van der Waals surface area contributed by atoms with Crippen molar-refractivity contribution in [2.45, 2.75) is 6.92 Å². The Hall–Kier alpha value is -1.14. The molecule has 0 atom stereocenters. The van der Waals surface area contributed by atoms with Crippen molar-refractivity contribution in [2.24, 2.45) is 0 Å². The number of hydrogen-bond donors (Lipinski definition) is 2. The van der Waals surface area contributed by atoms with Gasteiger partial charge in [-0.15, -0.1) is 0 Å². The fourth-order valence-electron chi connectivity index (χ4n) is 1.65. The number of benzene rings is 2. The molecule has 0 aromatic heterocycles. The average molecular weight is 418 g/mol. The van der Waals surface area contributed by atoms with Crippen LogP contribution in [0.1, 0.15) is 15.9 Å². The molecule has 0 saturated carbocycles. The van der Waals surface area contributed by atoms with Crippen LogP contribution in [-0.4, -0.2) is 11.0 Å². The van der Waals surface area contributed by atoms with Crippen molar-refractivity contribution in [1.29, 1.82) is 0 Å². The summed E-state index contributed by atoms with van der Waals surface area (Å²) in [6, 6.07) is 10.3. The number of hydrogen-bond acceptors (Lipinski definition) is 2. The second-order valence-corrected chi connectivity index (χ2v) is 6.58. The molecule has 3 nitrogen and oxygen atoms in total. The number of aryl methyl sites for hydroxylation is 1. The largest absolute Gasteiger partial charge is 0.332 e. The van der Waals surface area contributed by atoms with Gasteiger partial charge in [0.05, 0.1) is 10.0 Å². The summed E-state index contributed by atoms with van der Waals surface area (Å²) in [4.78, 5) is 12.1. The second-order valence-electron chi connectivity index (χ2n) is 4.50. The Labute approximate surface area is 152 Å². The highest BCUT2D eigenvalue weighted by atomic mass is 79.9. The van der Waals surface area contributed by atoms with E-state index >= 15 is 0 Å². The van der Waals surface area contributed by atoms with Crippen LogP contribution in [0.3, 0.4) is 0 Å². The average Bonchev–Trinajstić information content (AvgIpc) is 2.45. The van der Waals surface area contributed by atoms with Gasteiger partial charge in [-0.1, -0.05) is 45.2 Å². The minimum atomic E-state index is -0.293. The molecule has 2 aromatic rings. The van der Waals surface area contributed by atoms with E-state index in [0.717, 1.165) is 10.0 Å². The summed E-state index contributed by atoms with van der Waals surface area (Å²) >= 11 is 20.3. The molecule has 2 rings (SSSR count). The third-order valence-corrected chi connectivity index (χ3v) is 4.64. The van der Waals surface area contributed by atoms with E-state index in [-0.39, 0.29) is 11.0 Å². The second kappa shape index (κ2) is 7.42. The summed E-state index contributed by atoms with van der Waals surface area (Å²) in [7, 11) is 0. The zero-order valence-electron chi connectivity index (χ0n) is 11.4. The Morgan fingerprint density at radius 2 is 1.86 bits per heavy atom.